The number of carbonyl (C=O) groups is 1. The van der Waals surface area contributed by atoms with E-state index in [9.17, 15) is 9.18 Å². The van der Waals surface area contributed by atoms with Gasteiger partial charge in [0.05, 0.1) is 11.7 Å². The summed E-state index contributed by atoms with van der Waals surface area (Å²) in [5.41, 5.74) is 0.999. The molecule has 0 aliphatic carbocycles. The van der Waals surface area contributed by atoms with E-state index in [2.05, 4.69) is 5.32 Å². The molecule has 0 spiro atoms. The summed E-state index contributed by atoms with van der Waals surface area (Å²) in [5, 5.41) is 2.69. The third-order valence-electron chi connectivity index (χ3n) is 3.02. The van der Waals surface area contributed by atoms with Crippen LogP contribution < -0.4 is 5.32 Å². The molecule has 0 fully saturated rings. The van der Waals surface area contributed by atoms with E-state index in [1.807, 2.05) is 30.3 Å². The quantitative estimate of drug-likeness (QED) is 0.909. The van der Waals surface area contributed by atoms with E-state index >= 15 is 0 Å². The van der Waals surface area contributed by atoms with Crippen molar-refractivity contribution in [3.05, 3.63) is 71.5 Å². The lowest BCUT2D eigenvalue weighted by Crippen LogP contribution is -2.29. The molecule has 0 heterocycles. The molecule has 104 valence electrons. The van der Waals surface area contributed by atoms with Crippen molar-refractivity contribution in [3.8, 4) is 0 Å². The third-order valence-corrected chi connectivity index (χ3v) is 3.02. The third kappa shape index (κ3) is 3.42. The molecular formula is C16H16FNO2. The molecule has 0 bridgehead atoms. The van der Waals surface area contributed by atoms with Crippen LogP contribution in [0.15, 0.2) is 54.6 Å². The molecule has 2 rings (SSSR count). The zero-order valence-corrected chi connectivity index (χ0v) is 11.2. The van der Waals surface area contributed by atoms with Crippen LogP contribution in [0.4, 0.5) is 4.39 Å². The van der Waals surface area contributed by atoms with Gasteiger partial charge in [-0.1, -0.05) is 42.5 Å². The lowest BCUT2D eigenvalue weighted by molar-refractivity contribution is 0.0825. The van der Waals surface area contributed by atoms with Crippen molar-refractivity contribution in [2.75, 3.05) is 13.7 Å². The Morgan fingerprint density at radius 1 is 1.15 bits per heavy atom. The fourth-order valence-corrected chi connectivity index (χ4v) is 1.93. The number of hydrogen-bond acceptors (Lipinski definition) is 2. The number of nitrogens with one attached hydrogen (secondary N) is 1. The number of halogens is 1. The maximum absolute atomic E-state index is 13.5. The highest BCUT2D eigenvalue weighted by Gasteiger charge is 2.14. The molecule has 1 amide bonds. The van der Waals surface area contributed by atoms with E-state index in [4.69, 9.17) is 4.74 Å². The van der Waals surface area contributed by atoms with Gasteiger partial charge in [-0.2, -0.15) is 0 Å². The van der Waals surface area contributed by atoms with Crippen LogP contribution in [0.25, 0.3) is 0 Å². The summed E-state index contributed by atoms with van der Waals surface area (Å²) in [6.45, 7) is 0.285. The first kappa shape index (κ1) is 14.2. The molecule has 0 saturated heterocycles. The number of methoxy groups -OCH3 is 1. The second kappa shape index (κ2) is 6.82. The molecule has 4 heteroatoms. The Kier molecular flexibility index (Phi) is 4.85. The first-order valence-corrected chi connectivity index (χ1v) is 6.33. The molecule has 0 aliphatic rings. The topological polar surface area (TPSA) is 38.3 Å². The Bertz CT molecular complexity index is 572. The Morgan fingerprint density at radius 3 is 2.45 bits per heavy atom. The molecule has 0 aliphatic heterocycles. The van der Waals surface area contributed by atoms with Crippen LogP contribution >= 0.6 is 0 Å². The number of benzene rings is 2. The van der Waals surface area contributed by atoms with Gasteiger partial charge < -0.3 is 10.1 Å². The Hall–Kier alpha value is -2.20. The van der Waals surface area contributed by atoms with Crippen molar-refractivity contribution in [2.24, 2.45) is 0 Å². The van der Waals surface area contributed by atoms with Gasteiger partial charge in [0.1, 0.15) is 5.82 Å². The molecule has 20 heavy (non-hydrogen) atoms. The van der Waals surface area contributed by atoms with E-state index in [-0.39, 0.29) is 18.2 Å². The molecule has 1 unspecified atom stereocenters. The van der Waals surface area contributed by atoms with Crippen LogP contribution in [0.2, 0.25) is 0 Å². The number of ether oxygens (including phenoxy) is 1. The highest BCUT2D eigenvalue weighted by Crippen LogP contribution is 2.15. The van der Waals surface area contributed by atoms with Crippen LogP contribution in [0.5, 0.6) is 0 Å². The van der Waals surface area contributed by atoms with Gasteiger partial charge in [0, 0.05) is 13.7 Å². The molecular weight excluding hydrogens is 257 g/mol. The Morgan fingerprint density at radius 2 is 1.80 bits per heavy atom. The second-order valence-corrected chi connectivity index (χ2v) is 4.32. The summed E-state index contributed by atoms with van der Waals surface area (Å²) in [5.74, 6) is -0.972. The van der Waals surface area contributed by atoms with Gasteiger partial charge >= 0.3 is 0 Å². The fraction of sp³-hybridized carbons (Fsp3) is 0.188. The predicted molar refractivity (Wildman–Crippen MR) is 74.9 cm³/mol. The number of carbonyl (C=O) groups excluding carboxylic acids is 1. The average Bonchev–Trinajstić information content (AvgIpc) is 2.49. The Labute approximate surface area is 117 Å². The van der Waals surface area contributed by atoms with Crippen molar-refractivity contribution in [3.63, 3.8) is 0 Å². The summed E-state index contributed by atoms with van der Waals surface area (Å²) in [7, 11) is 1.58. The minimum Gasteiger partial charge on any atom is -0.375 e. The zero-order valence-electron chi connectivity index (χ0n) is 11.2. The van der Waals surface area contributed by atoms with Crippen LogP contribution in [0, 0.1) is 5.82 Å². The summed E-state index contributed by atoms with van der Waals surface area (Å²) < 4.78 is 18.8. The van der Waals surface area contributed by atoms with E-state index in [0.717, 1.165) is 5.56 Å². The highest BCUT2D eigenvalue weighted by molar-refractivity contribution is 5.94. The van der Waals surface area contributed by atoms with E-state index in [1.165, 1.54) is 12.1 Å². The highest BCUT2D eigenvalue weighted by atomic mass is 19.1. The van der Waals surface area contributed by atoms with Crippen LogP contribution in [-0.4, -0.2) is 19.6 Å². The van der Waals surface area contributed by atoms with Crippen molar-refractivity contribution in [1.29, 1.82) is 0 Å². The smallest absolute Gasteiger partial charge is 0.254 e. The van der Waals surface area contributed by atoms with Crippen molar-refractivity contribution >= 4 is 5.91 Å². The first-order valence-electron chi connectivity index (χ1n) is 6.33. The van der Waals surface area contributed by atoms with E-state index in [1.54, 1.807) is 19.2 Å². The van der Waals surface area contributed by atoms with Gasteiger partial charge in [0.2, 0.25) is 0 Å². The van der Waals surface area contributed by atoms with Crippen molar-refractivity contribution in [1.82, 2.24) is 5.32 Å². The molecule has 1 N–H and O–H groups in total. The molecule has 1 atom stereocenters. The lowest BCUT2D eigenvalue weighted by atomic mass is 10.1. The van der Waals surface area contributed by atoms with Crippen LogP contribution in [0.1, 0.15) is 22.0 Å². The van der Waals surface area contributed by atoms with Gasteiger partial charge in [0.25, 0.3) is 5.91 Å². The fourth-order valence-electron chi connectivity index (χ4n) is 1.93. The van der Waals surface area contributed by atoms with Gasteiger partial charge in [-0.3, -0.25) is 4.79 Å². The van der Waals surface area contributed by atoms with Gasteiger partial charge in [-0.05, 0) is 17.7 Å². The maximum Gasteiger partial charge on any atom is 0.254 e. The average molecular weight is 273 g/mol. The Balaban J connectivity index is 2.01. The maximum atomic E-state index is 13.5. The molecule has 2 aromatic carbocycles. The largest absolute Gasteiger partial charge is 0.375 e. The van der Waals surface area contributed by atoms with E-state index < -0.39 is 11.7 Å². The van der Waals surface area contributed by atoms with Crippen molar-refractivity contribution in [2.45, 2.75) is 6.10 Å². The van der Waals surface area contributed by atoms with Gasteiger partial charge in [-0.15, -0.1) is 0 Å². The van der Waals surface area contributed by atoms with Gasteiger partial charge in [0.15, 0.2) is 0 Å². The number of amides is 1. The standard InChI is InChI=1S/C16H16FNO2/c1-20-15(12-7-3-2-4-8-12)11-18-16(19)13-9-5-6-10-14(13)17/h2-10,15H,11H2,1H3,(H,18,19). The summed E-state index contributed by atoms with van der Waals surface area (Å²) in [6.07, 6.45) is -0.257. The minimum absolute atomic E-state index is 0.0374. The molecule has 0 radical (unpaired) electrons. The lowest BCUT2D eigenvalue weighted by Gasteiger charge is -2.16. The zero-order chi connectivity index (χ0) is 14.4. The molecule has 0 saturated carbocycles. The summed E-state index contributed by atoms with van der Waals surface area (Å²) in [4.78, 5) is 11.9. The number of hydrogen-bond donors (Lipinski definition) is 1. The first-order chi connectivity index (χ1) is 9.72. The van der Waals surface area contributed by atoms with Crippen molar-refractivity contribution < 1.29 is 13.9 Å². The van der Waals surface area contributed by atoms with Crippen LogP contribution in [-0.2, 0) is 4.74 Å². The normalized spacial score (nSPS) is 11.9. The SMILES string of the molecule is COC(CNC(=O)c1ccccc1F)c1ccccc1. The summed E-state index contributed by atoms with van der Waals surface area (Å²) in [6, 6.07) is 15.5. The summed E-state index contributed by atoms with van der Waals surface area (Å²) >= 11 is 0. The van der Waals surface area contributed by atoms with E-state index in [0.29, 0.717) is 0 Å². The predicted octanol–water partition coefficient (Wildman–Crippen LogP) is 2.94. The monoisotopic (exact) mass is 273 g/mol. The van der Waals surface area contributed by atoms with Gasteiger partial charge in [-0.25, -0.2) is 4.39 Å². The molecule has 2 aromatic rings. The second-order valence-electron chi connectivity index (χ2n) is 4.32. The van der Waals surface area contributed by atoms with Crippen LogP contribution in [0.3, 0.4) is 0 Å². The minimum atomic E-state index is -0.529. The number of rotatable bonds is 5. The molecule has 3 nitrogen and oxygen atoms in total. The molecule has 0 aromatic heterocycles.